The molecule has 2 rings (SSSR count). The Kier molecular flexibility index (Phi) is 3.96. The largest absolute Gasteiger partial charge is 0.389 e. The van der Waals surface area contributed by atoms with Gasteiger partial charge in [-0.1, -0.05) is 18.3 Å². The van der Waals surface area contributed by atoms with Crippen LogP contribution in [0, 0.1) is 11.6 Å². The first-order valence-corrected chi connectivity index (χ1v) is 5.78. The minimum atomic E-state index is -0.895. The van der Waals surface area contributed by atoms with Gasteiger partial charge in [0.25, 0.3) is 0 Å². The molecule has 7 heteroatoms. The molecule has 0 aliphatic carbocycles. The predicted molar refractivity (Wildman–Crippen MR) is 71.6 cm³/mol. The van der Waals surface area contributed by atoms with E-state index in [2.05, 4.69) is 15.5 Å². The van der Waals surface area contributed by atoms with Crippen LogP contribution in [0.4, 0.5) is 14.6 Å². The number of hydrogen-bond acceptors (Lipinski definition) is 4. The Hall–Kier alpha value is -2.15. The van der Waals surface area contributed by atoms with Gasteiger partial charge in [-0.2, -0.15) is 5.10 Å². The summed E-state index contributed by atoms with van der Waals surface area (Å²) in [6.07, 6.45) is 1.47. The second-order valence-corrected chi connectivity index (χ2v) is 4.20. The summed E-state index contributed by atoms with van der Waals surface area (Å²) in [6.45, 7) is 0.255. The second-order valence-electron chi connectivity index (χ2n) is 3.76. The van der Waals surface area contributed by atoms with Crippen molar-refractivity contribution in [3.63, 3.8) is 0 Å². The number of nitrogens with one attached hydrogen (secondary N) is 1. The van der Waals surface area contributed by atoms with Crippen LogP contribution in [0.1, 0.15) is 11.1 Å². The van der Waals surface area contributed by atoms with Gasteiger partial charge < -0.3 is 11.1 Å². The highest BCUT2D eigenvalue weighted by molar-refractivity contribution is 7.80. The fourth-order valence-electron chi connectivity index (χ4n) is 1.50. The summed E-state index contributed by atoms with van der Waals surface area (Å²) in [4.78, 5) is 0.183. The van der Waals surface area contributed by atoms with Gasteiger partial charge in [0.15, 0.2) is 17.5 Å². The van der Waals surface area contributed by atoms with E-state index in [0.717, 1.165) is 12.1 Å². The molecule has 1 aromatic heterocycles. The molecule has 0 amide bonds. The van der Waals surface area contributed by atoms with Crippen LogP contribution >= 0.6 is 12.2 Å². The third-order valence-electron chi connectivity index (χ3n) is 2.43. The molecular weight excluding hydrogens is 270 g/mol. The van der Waals surface area contributed by atoms with E-state index in [0.29, 0.717) is 16.9 Å². The van der Waals surface area contributed by atoms with Crippen molar-refractivity contribution >= 4 is 23.0 Å². The summed E-state index contributed by atoms with van der Waals surface area (Å²) in [5.41, 5.74) is 6.66. The van der Waals surface area contributed by atoms with Crippen LogP contribution in [-0.2, 0) is 6.54 Å². The number of aromatic nitrogens is 2. The summed E-state index contributed by atoms with van der Waals surface area (Å²) in [5, 5.41) is 10.5. The third kappa shape index (κ3) is 3.19. The van der Waals surface area contributed by atoms with Crippen molar-refractivity contribution in [2.75, 3.05) is 5.32 Å². The lowest BCUT2D eigenvalue weighted by molar-refractivity contribution is 0.507. The Bertz CT molecular complexity index is 618. The number of nitrogens with zero attached hydrogens (tertiary/aromatic N) is 2. The summed E-state index contributed by atoms with van der Waals surface area (Å²) in [6, 6.07) is 5.28. The quantitative estimate of drug-likeness (QED) is 0.839. The van der Waals surface area contributed by atoms with E-state index in [1.807, 2.05) is 0 Å². The first-order chi connectivity index (χ1) is 9.08. The van der Waals surface area contributed by atoms with Crippen molar-refractivity contribution in [1.82, 2.24) is 10.2 Å². The highest BCUT2D eigenvalue weighted by atomic mass is 32.1. The van der Waals surface area contributed by atoms with E-state index in [-0.39, 0.29) is 11.5 Å². The minimum Gasteiger partial charge on any atom is -0.389 e. The molecule has 0 aliphatic heterocycles. The molecule has 2 aromatic rings. The Morgan fingerprint density at radius 3 is 2.74 bits per heavy atom. The predicted octanol–water partition coefficient (Wildman–Crippen LogP) is 2.00. The molecular formula is C12H10F2N4S. The first-order valence-electron chi connectivity index (χ1n) is 5.37. The number of nitrogens with two attached hydrogens (primary N) is 1. The van der Waals surface area contributed by atoms with E-state index in [1.54, 1.807) is 6.07 Å². The van der Waals surface area contributed by atoms with E-state index >= 15 is 0 Å². The zero-order chi connectivity index (χ0) is 13.8. The zero-order valence-electron chi connectivity index (χ0n) is 9.73. The molecule has 0 bridgehead atoms. The van der Waals surface area contributed by atoms with Crippen molar-refractivity contribution < 1.29 is 8.78 Å². The molecule has 0 spiro atoms. The highest BCUT2D eigenvalue weighted by Crippen LogP contribution is 2.13. The lowest BCUT2D eigenvalue weighted by atomic mass is 10.2. The Balaban J connectivity index is 2.14. The smallest absolute Gasteiger partial charge is 0.159 e. The van der Waals surface area contributed by atoms with E-state index in [9.17, 15) is 8.78 Å². The second kappa shape index (κ2) is 5.66. The van der Waals surface area contributed by atoms with Gasteiger partial charge in [0.1, 0.15) is 4.99 Å². The molecule has 19 heavy (non-hydrogen) atoms. The summed E-state index contributed by atoms with van der Waals surface area (Å²) < 4.78 is 25.8. The molecule has 0 fully saturated rings. The van der Waals surface area contributed by atoms with Crippen molar-refractivity contribution in [1.29, 1.82) is 0 Å². The Labute approximate surface area is 113 Å². The molecule has 0 saturated carbocycles. The van der Waals surface area contributed by atoms with Crippen LogP contribution in [0.2, 0.25) is 0 Å². The Morgan fingerprint density at radius 1 is 1.26 bits per heavy atom. The SMILES string of the molecule is NC(=S)c1ccnnc1NCc1ccc(F)c(F)c1. The van der Waals surface area contributed by atoms with Crippen LogP contribution in [-0.4, -0.2) is 15.2 Å². The first kappa shape index (κ1) is 13.3. The molecule has 98 valence electrons. The van der Waals surface area contributed by atoms with Gasteiger partial charge in [0.2, 0.25) is 0 Å². The van der Waals surface area contributed by atoms with Gasteiger partial charge in [0.05, 0.1) is 11.8 Å². The topological polar surface area (TPSA) is 63.8 Å². The number of anilines is 1. The Morgan fingerprint density at radius 2 is 2.05 bits per heavy atom. The van der Waals surface area contributed by atoms with Gasteiger partial charge in [-0.15, -0.1) is 5.10 Å². The van der Waals surface area contributed by atoms with E-state index in [4.69, 9.17) is 18.0 Å². The lowest BCUT2D eigenvalue weighted by Gasteiger charge is -2.09. The maximum absolute atomic E-state index is 13.0. The number of halogens is 2. The lowest BCUT2D eigenvalue weighted by Crippen LogP contribution is -2.15. The number of hydrogen-bond donors (Lipinski definition) is 2. The van der Waals surface area contributed by atoms with E-state index in [1.165, 1.54) is 12.3 Å². The summed E-state index contributed by atoms with van der Waals surface area (Å²) >= 11 is 4.88. The minimum absolute atomic E-state index is 0.183. The van der Waals surface area contributed by atoms with Crippen molar-refractivity contribution in [2.45, 2.75) is 6.54 Å². The summed E-state index contributed by atoms with van der Waals surface area (Å²) in [7, 11) is 0. The van der Waals surface area contributed by atoms with Gasteiger partial charge in [-0.3, -0.25) is 0 Å². The molecule has 0 aliphatic rings. The average molecular weight is 280 g/mol. The molecule has 0 unspecified atom stereocenters. The van der Waals surface area contributed by atoms with Crippen molar-refractivity contribution in [3.05, 3.63) is 53.2 Å². The molecule has 0 atom stereocenters. The molecule has 1 heterocycles. The monoisotopic (exact) mass is 280 g/mol. The summed E-state index contributed by atoms with van der Waals surface area (Å²) in [5.74, 6) is -1.38. The number of benzene rings is 1. The van der Waals surface area contributed by atoms with Gasteiger partial charge in [0, 0.05) is 6.54 Å². The molecule has 0 saturated heterocycles. The maximum atomic E-state index is 13.0. The van der Waals surface area contributed by atoms with Gasteiger partial charge >= 0.3 is 0 Å². The molecule has 3 N–H and O–H groups in total. The number of rotatable bonds is 4. The average Bonchev–Trinajstić information content (AvgIpc) is 2.40. The molecule has 4 nitrogen and oxygen atoms in total. The fourth-order valence-corrected chi connectivity index (χ4v) is 1.66. The van der Waals surface area contributed by atoms with Gasteiger partial charge in [-0.25, -0.2) is 8.78 Å². The van der Waals surface area contributed by atoms with E-state index < -0.39 is 11.6 Å². The molecule has 1 aromatic carbocycles. The zero-order valence-corrected chi connectivity index (χ0v) is 10.5. The van der Waals surface area contributed by atoms with Gasteiger partial charge in [-0.05, 0) is 23.8 Å². The highest BCUT2D eigenvalue weighted by Gasteiger charge is 2.07. The van der Waals surface area contributed by atoms with Crippen LogP contribution < -0.4 is 11.1 Å². The van der Waals surface area contributed by atoms with Crippen LogP contribution in [0.15, 0.2) is 30.5 Å². The normalized spacial score (nSPS) is 10.2. The van der Waals surface area contributed by atoms with Crippen molar-refractivity contribution in [3.8, 4) is 0 Å². The van der Waals surface area contributed by atoms with Crippen LogP contribution in [0.25, 0.3) is 0 Å². The van der Waals surface area contributed by atoms with Crippen molar-refractivity contribution in [2.24, 2.45) is 5.73 Å². The van der Waals surface area contributed by atoms with Crippen LogP contribution in [0.5, 0.6) is 0 Å². The molecule has 0 radical (unpaired) electrons. The van der Waals surface area contributed by atoms with Crippen LogP contribution in [0.3, 0.4) is 0 Å². The fraction of sp³-hybridized carbons (Fsp3) is 0.0833. The standard InChI is InChI=1S/C12H10F2N4S/c13-9-2-1-7(5-10(9)14)6-16-12-8(11(15)19)3-4-17-18-12/h1-5H,6H2,(H2,15,19)(H,16,18). The number of thiocarbonyl (C=S) groups is 1. The maximum Gasteiger partial charge on any atom is 0.159 e. The third-order valence-corrected chi connectivity index (χ3v) is 2.65.